The summed E-state index contributed by atoms with van der Waals surface area (Å²) < 4.78 is 1.18. The van der Waals surface area contributed by atoms with Gasteiger partial charge in [0.15, 0.2) is 0 Å². The number of benzene rings is 2. The van der Waals surface area contributed by atoms with E-state index in [1.54, 1.807) is 0 Å². The molecule has 0 saturated carbocycles. The molecule has 0 aliphatic heterocycles. The van der Waals surface area contributed by atoms with Crippen LogP contribution in [-0.2, 0) is 6.42 Å². The van der Waals surface area contributed by atoms with Crippen molar-refractivity contribution < 1.29 is 0 Å². The molecule has 3 rings (SSSR count). The van der Waals surface area contributed by atoms with E-state index in [9.17, 15) is 0 Å². The third kappa shape index (κ3) is 4.82. The molecular formula is C22H25BrN2. The molecular weight excluding hydrogens is 372 g/mol. The van der Waals surface area contributed by atoms with Crippen LogP contribution in [-0.4, -0.2) is 9.97 Å². The molecule has 1 N–H and O–H groups in total. The van der Waals surface area contributed by atoms with E-state index in [1.807, 2.05) is 24.4 Å². The van der Waals surface area contributed by atoms with Crippen molar-refractivity contribution >= 4 is 15.9 Å². The van der Waals surface area contributed by atoms with Gasteiger partial charge in [-0.3, -0.25) is 0 Å². The van der Waals surface area contributed by atoms with Gasteiger partial charge in [0.25, 0.3) is 0 Å². The van der Waals surface area contributed by atoms with E-state index in [1.165, 1.54) is 42.1 Å². The Kier molecular flexibility index (Phi) is 6.46. The number of aryl methyl sites for hydroxylation is 1. The highest BCUT2D eigenvalue weighted by Gasteiger charge is 2.08. The predicted molar refractivity (Wildman–Crippen MR) is 110 cm³/mol. The number of nitrogens with zero attached hydrogens (tertiary/aromatic N) is 1. The number of hydrogen-bond acceptors (Lipinski definition) is 1. The van der Waals surface area contributed by atoms with Crippen LogP contribution in [0.25, 0.3) is 22.6 Å². The lowest BCUT2D eigenvalue weighted by Crippen LogP contribution is -1.89. The van der Waals surface area contributed by atoms with Gasteiger partial charge in [0, 0.05) is 21.8 Å². The Labute approximate surface area is 158 Å². The van der Waals surface area contributed by atoms with Crippen molar-refractivity contribution in [2.24, 2.45) is 0 Å². The van der Waals surface area contributed by atoms with E-state index in [-0.39, 0.29) is 0 Å². The number of H-pyrrole nitrogens is 1. The van der Waals surface area contributed by atoms with E-state index in [2.05, 4.69) is 58.2 Å². The van der Waals surface area contributed by atoms with E-state index in [0.717, 1.165) is 29.1 Å². The first-order valence-corrected chi connectivity index (χ1v) is 9.97. The first-order chi connectivity index (χ1) is 12.3. The zero-order chi connectivity index (χ0) is 17.5. The minimum Gasteiger partial charge on any atom is -0.344 e. The Bertz CT molecular complexity index is 793. The zero-order valence-corrected chi connectivity index (χ0v) is 16.3. The number of aromatic amines is 1. The molecule has 0 amide bonds. The molecule has 130 valence electrons. The summed E-state index contributed by atoms with van der Waals surface area (Å²) in [5.41, 5.74) is 4.62. The van der Waals surface area contributed by atoms with Crippen LogP contribution in [0.1, 0.15) is 44.6 Å². The van der Waals surface area contributed by atoms with Crippen molar-refractivity contribution in [2.75, 3.05) is 0 Å². The Morgan fingerprint density at radius 1 is 0.920 bits per heavy atom. The smallest absolute Gasteiger partial charge is 0.138 e. The molecule has 0 atom stereocenters. The molecule has 0 radical (unpaired) electrons. The first-order valence-electron chi connectivity index (χ1n) is 9.17. The molecule has 0 unspecified atom stereocenters. The Hall–Kier alpha value is -1.87. The van der Waals surface area contributed by atoms with Crippen molar-refractivity contribution in [3.8, 4) is 22.6 Å². The van der Waals surface area contributed by atoms with Crippen molar-refractivity contribution in [1.29, 1.82) is 0 Å². The van der Waals surface area contributed by atoms with Crippen molar-refractivity contribution in [2.45, 2.75) is 45.4 Å². The molecule has 0 spiro atoms. The van der Waals surface area contributed by atoms with Gasteiger partial charge in [-0.1, -0.05) is 91.0 Å². The van der Waals surface area contributed by atoms with Crippen LogP contribution in [0.4, 0.5) is 0 Å². The summed E-state index contributed by atoms with van der Waals surface area (Å²) in [5, 5.41) is 0. The summed E-state index contributed by atoms with van der Waals surface area (Å²) in [6.07, 6.45) is 9.70. The standard InChI is InChI=1S/C22H25BrN2/c1-2-3-4-5-7-10-17-13-14-19(15-20(17)23)21-16-24-22(25-21)18-11-8-6-9-12-18/h6,8-9,11-16H,2-5,7,10H2,1H3,(H,24,25). The van der Waals surface area contributed by atoms with Gasteiger partial charge in [-0.05, 0) is 24.5 Å². The summed E-state index contributed by atoms with van der Waals surface area (Å²) in [6, 6.07) is 16.8. The fourth-order valence-corrected chi connectivity index (χ4v) is 3.62. The Morgan fingerprint density at radius 3 is 2.48 bits per heavy atom. The van der Waals surface area contributed by atoms with Gasteiger partial charge in [0.1, 0.15) is 5.82 Å². The van der Waals surface area contributed by atoms with Gasteiger partial charge in [-0.25, -0.2) is 4.98 Å². The summed E-state index contributed by atoms with van der Waals surface area (Å²) in [4.78, 5) is 8.02. The van der Waals surface area contributed by atoms with Crippen molar-refractivity contribution in [1.82, 2.24) is 9.97 Å². The third-order valence-electron chi connectivity index (χ3n) is 4.52. The number of unbranched alkanes of at least 4 members (excludes halogenated alkanes) is 4. The second-order valence-corrected chi connectivity index (χ2v) is 7.33. The highest BCUT2D eigenvalue weighted by molar-refractivity contribution is 9.10. The molecule has 0 bridgehead atoms. The highest BCUT2D eigenvalue weighted by Crippen LogP contribution is 2.27. The molecule has 25 heavy (non-hydrogen) atoms. The predicted octanol–water partition coefficient (Wildman–Crippen LogP) is 7.02. The number of aromatic nitrogens is 2. The van der Waals surface area contributed by atoms with Crippen LogP contribution in [0.15, 0.2) is 59.2 Å². The average molecular weight is 397 g/mol. The van der Waals surface area contributed by atoms with E-state index >= 15 is 0 Å². The quantitative estimate of drug-likeness (QED) is 0.407. The average Bonchev–Trinajstić information content (AvgIpc) is 3.13. The molecule has 0 aliphatic carbocycles. The van der Waals surface area contributed by atoms with E-state index < -0.39 is 0 Å². The first kappa shape index (κ1) is 17.9. The maximum absolute atomic E-state index is 4.74. The lowest BCUT2D eigenvalue weighted by Gasteiger charge is -2.06. The van der Waals surface area contributed by atoms with Gasteiger partial charge in [-0.15, -0.1) is 0 Å². The lowest BCUT2D eigenvalue weighted by atomic mass is 10.0. The number of imidazole rings is 1. The van der Waals surface area contributed by atoms with Gasteiger partial charge in [-0.2, -0.15) is 0 Å². The number of rotatable bonds is 8. The van der Waals surface area contributed by atoms with Crippen LogP contribution in [0, 0.1) is 0 Å². The number of nitrogens with one attached hydrogen (secondary N) is 1. The molecule has 2 nitrogen and oxygen atoms in total. The van der Waals surface area contributed by atoms with Crippen LogP contribution in [0.2, 0.25) is 0 Å². The van der Waals surface area contributed by atoms with E-state index in [4.69, 9.17) is 4.98 Å². The van der Waals surface area contributed by atoms with Gasteiger partial charge in [0.2, 0.25) is 0 Å². The Morgan fingerprint density at radius 2 is 1.72 bits per heavy atom. The SMILES string of the molecule is CCCCCCCc1ccc(-c2c[nH]c(-c3ccccc3)n2)cc1Br. The highest BCUT2D eigenvalue weighted by atomic mass is 79.9. The normalized spacial score (nSPS) is 11.0. The summed E-state index contributed by atoms with van der Waals surface area (Å²) >= 11 is 3.74. The van der Waals surface area contributed by atoms with Crippen LogP contribution in [0.5, 0.6) is 0 Å². The molecule has 3 aromatic rings. The lowest BCUT2D eigenvalue weighted by molar-refractivity contribution is 0.632. The van der Waals surface area contributed by atoms with Crippen LogP contribution >= 0.6 is 15.9 Å². The van der Waals surface area contributed by atoms with Gasteiger partial charge < -0.3 is 4.98 Å². The third-order valence-corrected chi connectivity index (χ3v) is 5.26. The van der Waals surface area contributed by atoms with Crippen molar-refractivity contribution in [3.63, 3.8) is 0 Å². The summed E-state index contributed by atoms with van der Waals surface area (Å²) in [7, 11) is 0. The maximum atomic E-state index is 4.74. The minimum absolute atomic E-state index is 0.909. The summed E-state index contributed by atoms with van der Waals surface area (Å²) in [5.74, 6) is 0.909. The fraction of sp³-hybridized carbons (Fsp3) is 0.318. The second kappa shape index (κ2) is 9.00. The zero-order valence-electron chi connectivity index (χ0n) is 14.8. The molecule has 0 aliphatic rings. The largest absolute Gasteiger partial charge is 0.344 e. The van der Waals surface area contributed by atoms with Gasteiger partial charge in [0.05, 0.1) is 5.69 Å². The second-order valence-electron chi connectivity index (χ2n) is 6.47. The topological polar surface area (TPSA) is 28.7 Å². The number of halogens is 1. The van der Waals surface area contributed by atoms with Crippen LogP contribution < -0.4 is 0 Å². The Balaban J connectivity index is 1.67. The van der Waals surface area contributed by atoms with Crippen molar-refractivity contribution in [3.05, 3.63) is 64.8 Å². The molecule has 0 fully saturated rings. The molecule has 2 aromatic carbocycles. The monoisotopic (exact) mass is 396 g/mol. The fourth-order valence-electron chi connectivity index (χ4n) is 3.04. The van der Waals surface area contributed by atoms with Crippen LogP contribution in [0.3, 0.4) is 0 Å². The number of hydrogen-bond donors (Lipinski definition) is 1. The van der Waals surface area contributed by atoms with E-state index in [0.29, 0.717) is 0 Å². The molecule has 1 aromatic heterocycles. The van der Waals surface area contributed by atoms with Gasteiger partial charge >= 0.3 is 0 Å². The minimum atomic E-state index is 0.909. The summed E-state index contributed by atoms with van der Waals surface area (Å²) in [6.45, 7) is 2.26. The molecule has 1 heterocycles. The molecule has 3 heteroatoms. The maximum Gasteiger partial charge on any atom is 0.138 e. The molecule has 0 saturated heterocycles.